The predicted octanol–water partition coefficient (Wildman–Crippen LogP) is 1.88. The Labute approximate surface area is 144 Å². The SMILES string of the molecule is Cc1cccc(CNCCC2CCC(=O)N2CC2COCCO2)c1. The maximum Gasteiger partial charge on any atom is 0.222 e. The number of ether oxygens (including phenoxy) is 2. The summed E-state index contributed by atoms with van der Waals surface area (Å²) in [5, 5.41) is 3.50. The minimum Gasteiger partial charge on any atom is -0.376 e. The van der Waals surface area contributed by atoms with Gasteiger partial charge in [-0.15, -0.1) is 0 Å². The Morgan fingerprint density at radius 3 is 3.04 bits per heavy atom. The van der Waals surface area contributed by atoms with Gasteiger partial charge in [-0.2, -0.15) is 0 Å². The Kier molecular flexibility index (Phi) is 6.24. The molecule has 2 heterocycles. The first-order valence-corrected chi connectivity index (χ1v) is 8.97. The van der Waals surface area contributed by atoms with Crippen LogP contribution < -0.4 is 5.32 Å². The molecule has 2 saturated heterocycles. The van der Waals surface area contributed by atoms with Gasteiger partial charge in [0, 0.05) is 25.6 Å². The highest BCUT2D eigenvalue weighted by Crippen LogP contribution is 2.22. The van der Waals surface area contributed by atoms with Crippen molar-refractivity contribution in [3.63, 3.8) is 0 Å². The van der Waals surface area contributed by atoms with E-state index >= 15 is 0 Å². The molecular formula is C19H28N2O3. The molecule has 1 aromatic carbocycles. The highest BCUT2D eigenvalue weighted by atomic mass is 16.6. The Morgan fingerprint density at radius 1 is 1.33 bits per heavy atom. The normalized spacial score (nSPS) is 24.5. The predicted molar refractivity (Wildman–Crippen MR) is 92.8 cm³/mol. The Hall–Kier alpha value is -1.43. The third-order valence-electron chi connectivity index (χ3n) is 4.80. The van der Waals surface area contributed by atoms with Crippen LogP contribution >= 0.6 is 0 Å². The second-order valence-electron chi connectivity index (χ2n) is 6.76. The second-order valence-corrected chi connectivity index (χ2v) is 6.76. The number of likely N-dealkylation sites (tertiary alicyclic amines) is 1. The summed E-state index contributed by atoms with van der Waals surface area (Å²) in [5.74, 6) is 0.257. The van der Waals surface area contributed by atoms with Crippen molar-refractivity contribution in [1.82, 2.24) is 10.2 Å². The van der Waals surface area contributed by atoms with Crippen LogP contribution in [0.2, 0.25) is 0 Å². The molecule has 1 amide bonds. The minimum atomic E-state index is 0.0311. The van der Waals surface area contributed by atoms with E-state index in [2.05, 4.69) is 36.5 Å². The van der Waals surface area contributed by atoms with Crippen LogP contribution in [0.25, 0.3) is 0 Å². The van der Waals surface area contributed by atoms with E-state index in [1.165, 1.54) is 11.1 Å². The first kappa shape index (κ1) is 17.4. The van der Waals surface area contributed by atoms with Gasteiger partial charge in [-0.05, 0) is 31.9 Å². The van der Waals surface area contributed by atoms with Crippen LogP contribution in [-0.4, -0.2) is 55.9 Å². The number of rotatable bonds is 7. The summed E-state index contributed by atoms with van der Waals surface area (Å²) in [4.78, 5) is 14.2. The highest BCUT2D eigenvalue weighted by molar-refractivity contribution is 5.78. The Morgan fingerprint density at radius 2 is 2.25 bits per heavy atom. The summed E-state index contributed by atoms with van der Waals surface area (Å²) in [6.45, 7) is 6.48. The third kappa shape index (κ3) is 4.79. The van der Waals surface area contributed by atoms with E-state index in [1.54, 1.807) is 0 Å². The molecule has 5 nitrogen and oxygen atoms in total. The molecule has 2 aliphatic rings. The van der Waals surface area contributed by atoms with Gasteiger partial charge in [0.1, 0.15) is 0 Å². The Balaban J connectivity index is 1.42. The molecule has 0 bridgehead atoms. The average molecular weight is 332 g/mol. The second kappa shape index (κ2) is 8.60. The maximum absolute atomic E-state index is 12.2. The van der Waals surface area contributed by atoms with E-state index in [-0.39, 0.29) is 12.0 Å². The number of hydrogen-bond donors (Lipinski definition) is 1. The van der Waals surface area contributed by atoms with Crippen LogP contribution in [0.1, 0.15) is 30.4 Å². The lowest BCUT2D eigenvalue weighted by atomic mass is 10.1. The van der Waals surface area contributed by atoms with E-state index < -0.39 is 0 Å². The highest BCUT2D eigenvalue weighted by Gasteiger charge is 2.32. The first-order chi connectivity index (χ1) is 11.7. The lowest BCUT2D eigenvalue weighted by Crippen LogP contribution is -2.44. The van der Waals surface area contributed by atoms with Crippen molar-refractivity contribution in [3.8, 4) is 0 Å². The summed E-state index contributed by atoms with van der Waals surface area (Å²) in [6.07, 6.45) is 2.64. The minimum absolute atomic E-state index is 0.0311. The molecule has 0 radical (unpaired) electrons. The number of nitrogens with zero attached hydrogens (tertiary/aromatic N) is 1. The number of hydrogen-bond acceptors (Lipinski definition) is 4. The molecule has 24 heavy (non-hydrogen) atoms. The van der Waals surface area contributed by atoms with E-state index in [0.29, 0.717) is 38.8 Å². The molecule has 5 heteroatoms. The van der Waals surface area contributed by atoms with Crippen LogP contribution in [0.4, 0.5) is 0 Å². The number of nitrogens with one attached hydrogen (secondary N) is 1. The molecule has 3 rings (SSSR count). The molecule has 0 spiro atoms. The van der Waals surface area contributed by atoms with Crippen molar-refractivity contribution in [2.45, 2.75) is 44.9 Å². The van der Waals surface area contributed by atoms with E-state index in [9.17, 15) is 4.79 Å². The maximum atomic E-state index is 12.2. The van der Waals surface area contributed by atoms with Crippen LogP contribution in [0.15, 0.2) is 24.3 Å². The molecule has 0 aromatic heterocycles. The van der Waals surface area contributed by atoms with Gasteiger partial charge in [0.05, 0.1) is 25.9 Å². The lowest BCUT2D eigenvalue weighted by Gasteiger charge is -2.31. The summed E-state index contributed by atoms with van der Waals surface area (Å²) in [6, 6.07) is 8.89. The van der Waals surface area contributed by atoms with Crippen molar-refractivity contribution in [3.05, 3.63) is 35.4 Å². The average Bonchev–Trinajstić information content (AvgIpc) is 2.93. The summed E-state index contributed by atoms with van der Waals surface area (Å²) in [7, 11) is 0. The van der Waals surface area contributed by atoms with E-state index in [4.69, 9.17) is 9.47 Å². The number of benzene rings is 1. The molecule has 1 N–H and O–H groups in total. The zero-order valence-corrected chi connectivity index (χ0v) is 14.5. The smallest absolute Gasteiger partial charge is 0.222 e. The van der Waals surface area contributed by atoms with Gasteiger partial charge in [-0.25, -0.2) is 0 Å². The van der Waals surface area contributed by atoms with Crippen molar-refractivity contribution in [2.24, 2.45) is 0 Å². The van der Waals surface area contributed by atoms with Gasteiger partial charge in [0.15, 0.2) is 0 Å². The van der Waals surface area contributed by atoms with Gasteiger partial charge >= 0.3 is 0 Å². The molecule has 2 aliphatic heterocycles. The number of amides is 1. The van der Waals surface area contributed by atoms with Gasteiger partial charge in [-0.1, -0.05) is 29.8 Å². The standard InChI is InChI=1S/C19H28N2O3/c1-15-3-2-4-16(11-15)12-20-8-7-17-5-6-19(22)21(17)13-18-14-23-9-10-24-18/h2-4,11,17-18,20H,5-10,12-14H2,1H3. The van der Waals surface area contributed by atoms with Gasteiger partial charge in [0.2, 0.25) is 5.91 Å². The Bertz CT molecular complexity index is 543. The molecule has 1 aromatic rings. The lowest BCUT2D eigenvalue weighted by molar-refractivity contribution is -0.136. The van der Waals surface area contributed by atoms with Crippen LogP contribution in [-0.2, 0) is 20.8 Å². The van der Waals surface area contributed by atoms with Crippen molar-refractivity contribution >= 4 is 5.91 Å². The first-order valence-electron chi connectivity index (χ1n) is 8.97. The number of aryl methyl sites for hydroxylation is 1. The van der Waals surface area contributed by atoms with Crippen molar-refractivity contribution in [2.75, 3.05) is 32.9 Å². The fourth-order valence-electron chi connectivity index (χ4n) is 3.53. The summed E-state index contributed by atoms with van der Waals surface area (Å²) >= 11 is 0. The molecule has 0 saturated carbocycles. The molecule has 0 aliphatic carbocycles. The molecule has 2 unspecified atom stereocenters. The van der Waals surface area contributed by atoms with Crippen LogP contribution in [0.3, 0.4) is 0 Å². The topological polar surface area (TPSA) is 50.8 Å². The molecule has 2 fully saturated rings. The van der Waals surface area contributed by atoms with Crippen molar-refractivity contribution < 1.29 is 14.3 Å². The zero-order chi connectivity index (χ0) is 16.8. The largest absolute Gasteiger partial charge is 0.376 e. The fraction of sp³-hybridized carbons (Fsp3) is 0.632. The zero-order valence-electron chi connectivity index (χ0n) is 14.5. The number of carbonyl (C=O) groups is 1. The number of carbonyl (C=O) groups excluding carboxylic acids is 1. The quantitative estimate of drug-likeness (QED) is 0.775. The van der Waals surface area contributed by atoms with E-state index in [0.717, 1.165) is 25.9 Å². The molecule has 2 atom stereocenters. The van der Waals surface area contributed by atoms with Gasteiger partial charge < -0.3 is 19.7 Å². The molecule has 132 valence electrons. The molecular weight excluding hydrogens is 304 g/mol. The summed E-state index contributed by atoms with van der Waals surface area (Å²) < 4.78 is 11.1. The van der Waals surface area contributed by atoms with Crippen LogP contribution in [0, 0.1) is 6.92 Å². The van der Waals surface area contributed by atoms with Crippen molar-refractivity contribution in [1.29, 1.82) is 0 Å². The van der Waals surface area contributed by atoms with Crippen LogP contribution in [0.5, 0.6) is 0 Å². The van der Waals surface area contributed by atoms with Gasteiger partial charge in [-0.3, -0.25) is 4.79 Å². The van der Waals surface area contributed by atoms with Gasteiger partial charge in [0.25, 0.3) is 0 Å². The van der Waals surface area contributed by atoms with E-state index in [1.807, 2.05) is 4.90 Å². The monoisotopic (exact) mass is 332 g/mol. The summed E-state index contributed by atoms with van der Waals surface area (Å²) in [5.41, 5.74) is 2.60. The fourth-order valence-corrected chi connectivity index (χ4v) is 3.53. The third-order valence-corrected chi connectivity index (χ3v) is 4.80.